The molecule has 0 bridgehead atoms. The fourth-order valence-corrected chi connectivity index (χ4v) is 2.56. The molecule has 2 rings (SSSR count). The van der Waals surface area contributed by atoms with Gasteiger partial charge < -0.3 is 18.9 Å². The molecule has 0 aliphatic heterocycles. The van der Waals surface area contributed by atoms with Crippen molar-refractivity contribution in [1.82, 2.24) is 0 Å². The molecule has 0 heterocycles. The van der Waals surface area contributed by atoms with Crippen LogP contribution in [-0.4, -0.2) is 27.4 Å². The lowest BCUT2D eigenvalue weighted by atomic mass is 10.0. The van der Waals surface area contributed by atoms with E-state index in [4.69, 9.17) is 18.9 Å². The molecule has 0 amide bonds. The highest BCUT2D eigenvalue weighted by Crippen LogP contribution is 2.33. The number of ether oxygens (including phenoxy) is 4. The first kappa shape index (κ1) is 20.2. The van der Waals surface area contributed by atoms with Crippen molar-refractivity contribution in [2.24, 2.45) is 0 Å². The van der Waals surface area contributed by atoms with Gasteiger partial charge in [-0.05, 0) is 60.9 Å². The SMILES string of the molecule is CCCOc1ccc(/C=C(\C#N)c2ccc(OC)c(OC)c2)cc1OCC. The van der Waals surface area contributed by atoms with Gasteiger partial charge in [-0.25, -0.2) is 0 Å². The highest BCUT2D eigenvalue weighted by molar-refractivity contribution is 5.90. The lowest BCUT2D eigenvalue weighted by Crippen LogP contribution is -2.00. The first-order valence-electron chi connectivity index (χ1n) is 8.90. The highest BCUT2D eigenvalue weighted by Gasteiger charge is 2.10. The molecule has 0 N–H and O–H groups in total. The summed E-state index contributed by atoms with van der Waals surface area (Å²) in [7, 11) is 3.15. The predicted octanol–water partition coefficient (Wildman–Crippen LogP) is 4.96. The van der Waals surface area contributed by atoms with E-state index in [1.54, 1.807) is 26.4 Å². The zero-order chi connectivity index (χ0) is 19.6. The van der Waals surface area contributed by atoms with Crippen molar-refractivity contribution in [2.45, 2.75) is 20.3 Å². The summed E-state index contributed by atoms with van der Waals surface area (Å²) in [6.07, 6.45) is 2.73. The Balaban J connectivity index is 2.39. The molecule has 0 spiro atoms. The number of hydrogen-bond donors (Lipinski definition) is 0. The normalized spacial score (nSPS) is 10.9. The third-order valence-corrected chi connectivity index (χ3v) is 3.86. The van der Waals surface area contributed by atoms with Gasteiger partial charge >= 0.3 is 0 Å². The molecule has 0 saturated carbocycles. The Bertz CT molecular complexity index is 837. The number of methoxy groups -OCH3 is 2. The Kier molecular flexibility index (Phi) is 7.57. The van der Waals surface area contributed by atoms with E-state index in [1.165, 1.54) is 0 Å². The van der Waals surface area contributed by atoms with Gasteiger partial charge in [-0.1, -0.05) is 13.0 Å². The summed E-state index contributed by atoms with van der Waals surface area (Å²) in [5.41, 5.74) is 2.12. The Labute approximate surface area is 160 Å². The van der Waals surface area contributed by atoms with Crippen LogP contribution in [0.2, 0.25) is 0 Å². The lowest BCUT2D eigenvalue weighted by Gasteiger charge is -2.12. The fraction of sp³-hybridized carbons (Fsp3) is 0.318. The van der Waals surface area contributed by atoms with Crippen LogP contribution in [-0.2, 0) is 0 Å². The summed E-state index contributed by atoms with van der Waals surface area (Å²) in [5, 5.41) is 9.63. The Hall–Kier alpha value is -3.13. The molecule has 27 heavy (non-hydrogen) atoms. The van der Waals surface area contributed by atoms with Crippen molar-refractivity contribution in [1.29, 1.82) is 5.26 Å². The zero-order valence-electron chi connectivity index (χ0n) is 16.2. The van der Waals surface area contributed by atoms with Crippen LogP contribution >= 0.6 is 0 Å². The van der Waals surface area contributed by atoms with E-state index in [9.17, 15) is 5.26 Å². The molecule has 5 nitrogen and oxygen atoms in total. The summed E-state index contributed by atoms with van der Waals surface area (Å²) in [4.78, 5) is 0. The largest absolute Gasteiger partial charge is 0.493 e. The Morgan fingerprint density at radius 1 is 0.926 bits per heavy atom. The lowest BCUT2D eigenvalue weighted by molar-refractivity contribution is 0.277. The van der Waals surface area contributed by atoms with Crippen LogP contribution in [0.15, 0.2) is 36.4 Å². The minimum atomic E-state index is 0.514. The average molecular weight is 367 g/mol. The standard InChI is InChI=1S/C22H25NO4/c1-5-11-27-20-9-7-16(13-22(20)26-6-2)12-18(15-23)17-8-10-19(24-3)21(14-17)25-4/h7-10,12-14H,5-6,11H2,1-4H3/b18-12+. The number of rotatable bonds is 9. The van der Waals surface area contributed by atoms with Gasteiger partial charge in [-0.2, -0.15) is 5.26 Å². The average Bonchev–Trinajstić information content (AvgIpc) is 2.71. The van der Waals surface area contributed by atoms with Crippen molar-refractivity contribution < 1.29 is 18.9 Å². The first-order valence-corrected chi connectivity index (χ1v) is 8.90. The molecule has 2 aromatic carbocycles. The second-order valence-electron chi connectivity index (χ2n) is 5.73. The number of hydrogen-bond acceptors (Lipinski definition) is 5. The van der Waals surface area contributed by atoms with Crippen LogP contribution in [0.3, 0.4) is 0 Å². The summed E-state index contributed by atoms with van der Waals surface area (Å²) in [5.74, 6) is 2.58. The molecule has 0 saturated heterocycles. The van der Waals surface area contributed by atoms with E-state index in [0.29, 0.717) is 41.8 Å². The molecule has 0 unspecified atom stereocenters. The molecule has 5 heteroatoms. The zero-order valence-corrected chi connectivity index (χ0v) is 16.2. The van der Waals surface area contributed by atoms with Crippen LogP contribution in [0.1, 0.15) is 31.4 Å². The molecule has 0 aliphatic carbocycles. The van der Waals surface area contributed by atoms with E-state index in [0.717, 1.165) is 17.5 Å². The van der Waals surface area contributed by atoms with Crippen molar-refractivity contribution in [2.75, 3.05) is 27.4 Å². The van der Waals surface area contributed by atoms with Gasteiger partial charge in [0.25, 0.3) is 0 Å². The summed E-state index contributed by atoms with van der Waals surface area (Å²) >= 11 is 0. The minimum absolute atomic E-state index is 0.514. The monoisotopic (exact) mass is 367 g/mol. The minimum Gasteiger partial charge on any atom is -0.493 e. The number of nitriles is 1. The van der Waals surface area contributed by atoms with E-state index < -0.39 is 0 Å². The van der Waals surface area contributed by atoms with E-state index in [-0.39, 0.29) is 0 Å². The molecule has 0 radical (unpaired) electrons. The number of nitrogens with zero attached hydrogens (tertiary/aromatic N) is 1. The third kappa shape index (κ3) is 5.18. The van der Waals surface area contributed by atoms with Gasteiger partial charge in [0.1, 0.15) is 0 Å². The Morgan fingerprint density at radius 2 is 1.67 bits per heavy atom. The number of allylic oxidation sites excluding steroid dienone is 1. The topological polar surface area (TPSA) is 60.7 Å². The van der Waals surface area contributed by atoms with Crippen LogP contribution in [0.25, 0.3) is 11.6 Å². The first-order chi connectivity index (χ1) is 13.2. The van der Waals surface area contributed by atoms with E-state index in [2.05, 4.69) is 13.0 Å². The quantitative estimate of drug-likeness (QED) is 0.463. The molecule has 0 aromatic heterocycles. The molecule has 0 atom stereocenters. The number of benzene rings is 2. The summed E-state index contributed by atoms with van der Waals surface area (Å²) < 4.78 is 22.0. The van der Waals surface area contributed by atoms with Gasteiger partial charge in [-0.3, -0.25) is 0 Å². The van der Waals surface area contributed by atoms with Crippen molar-refractivity contribution in [3.63, 3.8) is 0 Å². The third-order valence-electron chi connectivity index (χ3n) is 3.86. The molecular formula is C22H25NO4. The molecule has 2 aromatic rings. The van der Waals surface area contributed by atoms with Gasteiger partial charge in [-0.15, -0.1) is 0 Å². The van der Waals surface area contributed by atoms with Crippen molar-refractivity contribution in [3.8, 4) is 29.1 Å². The van der Waals surface area contributed by atoms with Crippen LogP contribution < -0.4 is 18.9 Å². The van der Waals surface area contributed by atoms with Gasteiger partial charge in [0.15, 0.2) is 23.0 Å². The Morgan fingerprint density at radius 3 is 2.30 bits per heavy atom. The fourth-order valence-electron chi connectivity index (χ4n) is 2.56. The molecule has 0 fully saturated rings. The second-order valence-corrected chi connectivity index (χ2v) is 5.73. The van der Waals surface area contributed by atoms with Crippen molar-refractivity contribution >= 4 is 11.6 Å². The van der Waals surface area contributed by atoms with Crippen LogP contribution in [0.5, 0.6) is 23.0 Å². The highest BCUT2D eigenvalue weighted by atomic mass is 16.5. The van der Waals surface area contributed by atoms with Crippen LogP contribution in [0.4, 0.5) is 0 Å². The maximum atomic E-state index is 9.63. The van der Waals surface area contributed by atoms with Gasteiger partial charge in [0.05, 0.1) is 39.1 Å². The smallest absolute Gasteiger partial charge is 0.161 e. The molecule has 142 valence electrons. The second kappa shape index (κ2) is 10.1. The molecule has 0 aliphatic rings. The summed E-state index contributed by atoms with van der Waals surface area (Å²) in [6, 6.07) is 13.3. The van der Waals surface area contributed by atoms with E-state index in [1.807, 2.05) is 37.3 Å². The van der Waals surface area contributed by atoms with Crippen LogP contribution in [0, 0.1) is 11.3 Å². The maximum Gasteiger partial charge on any atom is 0.161 e. The maximum absolute atomic E-state index is 9.63. The van der Waals surface area contributed by atoms with Gasteiger partial charge in [0.2, 0.25) is 0 Å². The summed E-state index contributed by atoms with van der Waals surface area (Å²) in [6.45, 7) is 5.15. The van der Waals surface area contributed by atoms with Crippen molar-refractivity contribution in [3.05, 3.63) is 47.5 Å². The van der Waals surface area contributed by atoms with E-state index >= 15 is 0 Å². The van der Waals surface area contributed by atoms with Gasteiger partial charge in [0, 0.05) is 0 Å². The molecular weight excluding hydrogens is 342 g/mol. The predicted molar refractivity (Wildman–Crippen MR) is 106 cm³/mol.